The molecule has 0 atom stereocenters. The number of aryl methyl sites for hydroxylation is 2. The predicted octanol–water partition coefficient (Wildman–Crippen LogP) is 4.64. The first-order valence-corrected chi connectivity index (χ1v) is 10.1. The van der Waals surface area contributed by atoms with Gasteiger partial charge >= 0.3 is 0 Å². The highest BCUT2D eigenvalue weighted by Crippen LogP contribution is 2.40. The standard InChI is InChI=1S/C20H20N2O3S/c1-13-3-9-17(10-4-13)22-26(23,24)19-11-16(6-5-14(19)2)18-12-21-20(25-18)15-7-8-15/h3-6,9-12,15,22H,7-8H2,1-2H3. The number of aromatic nitrogens is 1. The van der Waals surface area contributed by atoms with Gasteiger partial charge in [-0.1, -0.05) is 29.8 Å². The number of sulfonamides is 1. The lowest BCUT2D eigenvalue weighted by Gasteiger charge is -2.11. The molecule has 0 amide bonds. The molecule has 1 fully saturated rings. The third kappa shape index (κ3) is 3.37. The van der Waals surface area contributed by atoms with Gasteiger partial charge in [0.05, 0.1) is 11.1 Å². The molecule has 6 heteroatoms. The number of anilines is 1. The number of nitrogens with zero attached hydrogens (tertiary/aromatic N) is 1. The smallest absolute Gasteiger partial charge is 0.262 e. The van der Waals surface area contributed by atoms with Gasteiger partial charge in [-0.05, 0) is 50.5 Å². The Balaban J connectivity index is 1.67. The molecule has 0 radical (unpaired) electrons. The Labute approximate surface area is 153 Å². The molecule has 0 saturated heterocycles. The van der Waals surface area contributed by atoms with Gasteiger partial charge in [-0.3, -0.25) is 4.72 Å². The molecule has 1 heterocycles. The quantitative estimate of drug-likeness (QED) is 0.712. The molecular weight excluding hydrogens is 348 g/mol. The number of hydrogen-bond acceptors (Lipinski definition) is 4. The van der Waals surface area contributed by atoms with Crippen LogP contribution in [0.5, 0.6) is 0 Å². The van der Waals surface area contributed by atoms with Gasteiger partial charge < -0.3 is 4.42 Å². The molecule has 5 nitrogen and oxygen atoms in total. The summed E-state index contributed by atoms with van der Waals surface area (Å²) in [5.74, 6) is 1.75. The first-order valence-electron chi connectivity index (χ1n) is 8.58. The van der Waals surface area contributed by atoms with Crippen molar-refractivity contribution in [1.29, 1.82) is 0 Å². The zero-order valence-electron chi connectivity index (χ0n) is 14.7. The zero-order valence-corrected chi connectivity index (χ0v) is 15.5. The first kappa shape index (κ1) is 16.8. The van der Waals surface area contributed by atoms with Gasteiger partial charge in [0.15, 0.2) is 11.7 Å². The number of nitrogens with one attached hydrogen (secondary N) is 1. The lowest BCUT2D eigenvalue weighted by Crippen LogP contribution is -2.14. The molecule has 1 aromatic heterocycles. The number of hydrogen-bond donors (Lipinski definition) is 1. The fourth-order valence-corrected chi connectivity index (χ4v) is 4.15. The van der Waals surface area contributed by atoms with E-state index in [-0.39, 0.29) is 4.90 Å². The lowest BCUT2D eigenvalue weighted by molar-refractivity contribution is 0.509. The van der Waals surface area contributed by atoms with Crippen molar-refractivity contribution in [3.05, 3.63) is 65.7 Å². The Morgan fingerprint density at radius 3 is 2.50 bits per heavy atom. The van der Waals surface area contributed by atoms with Gasteiger partial charge in [0.2, 0.25) is 0 Å². The van der Waals surface area contributed by atoms with Crippen LogP contribution in [0.1, 0.15) is 35.8 Å². The monoisotopic (exact) mass is 368 g/mol. The second kappa shape index (κ2) is 6.29. The molecule has 0 aliphatic heterocycles. The van der Waals surface area contributed by atoms with E-state index in [1.807, 2.05) is 25.1 Å². The molecule has 1 aliphatic carbocycles. The molecule has 4 rings (SSSR count). The normalized spacial score (nSPS) is 14.4. The van der Waals surface area contributed by atoms with Crippen molar-refractivity contribution < 1.29 is 12.8 Å². The molecule has 1 N–H and O–H groups in total. The van der Waals surface area contributed by atoms with Gasteiger partial charge in [0.25, 0.3) is 10.0 Å². The van der Waals surface area contributed by atoms with Gasteiger partial charge in [0, 0.05) is 17.2 Å². The zero-order chi connectivity index (χ0) is 18.3. The molecular formula is C20H20N2O3S. The minimum Gasteiger partial charge on any atom is -0.440 e. The SMILES string of the molecule is Cc1ccc(NS(=O)(=O)c2cc(-c3cnc(C4CC4)o3)ccc2C)cc1. The number of benzene rings is 2. The summed E-state index contributed by atoms with van der Waals surface area (Å²) >= 11 is 0. The average molecular weight is 368 g/mol. The highest BCUT2D eigenvalue weighted by Gasteiger charge is 2.29. The van der Waals surface area contributed by atoms with Gasteiger partial charge in [-0.2, -0.15) is 0 Å². The Hall–Kier alpha value is -2.60. The lowest BCUT2D eigenvalue weighted by atomic mass is 10.1. The van der Waals surface area contributed by atoms with Crippen LogP contribution in [-0.2, 0) is 10.0 Å². The molecule has 26 heavy (non-hydrogen) atoms. The van der Waals surface area contributed by atoms with E-state index < -0.39 is 10.0 Å². The van der Waals surface area contributed by atoms with Gasteiger partial charge in [0.1, 0.15) is 0 Å². The fourth-order valence-electron chi connectivity index (χ4n) is 2.81. The second-order valence-corrected chi connectivity index (χ2v) is 8.44. The third-order valence-corrected chi connectivity index (χ3v) is 6.04. The molecule has 0 bridgehead atoms. The number of oxazole rings is 1. The third-order valence-electron chi connectivity index (χ3n) is 4.52. The van der Waals surface area contributed by atoms with E-state index in [1.165, 1.54) is 0 Å². The van der Waals surface area contributed by atoms with Crippen molar-refractivity contribution in [2.45, 2.75) is 37.5 Å². The van der Waals surface area contributed by atoms with Crippen LogP contribution in [0.25, 0.3) is 11.3 Å². The maximum atomic E-state index is 12.9. The summed E-state index contributed by atoms with van der Waals surface area (Å²) < 4.78 is 34.2. The molecule has 0 unspecified atom stereocenters. The Morgan fingerprint density at radius 2 is 1.81 bits per heavy atom. The van der Waals surface area contributed by atoms with Crippen LogP contribution in [0.3, 0.4) is 0 Å². The maximum absolute atomic E-state index is 12.9. The Morgan fingerprint density at radius 1 is 1.08 bits per heavy atom. The summed E-state index contributed by atoms with van der Waals surface area (Å²) in [4.78, 5) is 4.55. The van der Waals surface area contributed by atoms with E-state index in [0.29, 0.717) is 28.5 Å². The van der Waals surface area contributed by atoms with E-state index in [0.717, 1.165) is 24.3 Å². The van der Waals surface area contributed by atoms with Gasteiger partial charge in [-0.25, -0.2) is 13.4 Å². The maximum Gasteiger partial charge on any atom is 0.262 e. The van der Waals surface area contributed by atoms with E-state index in [1.54, 1.807) is 37.4 Å². The van der Waals surface area contributed by atoms with Crippen LogP contribution >= 0.6 is 0 Å². The second-order valence-electron chi connectivity index (χ2n) is 6.79. The van der Waals surface area contributed by atoms with Crippen molar-refractivity contribution in [2.24, 2.45) is 0 Å². The molecule has 134 valence electrons. The summed E-state index contributed by atoms with van der Waals surface area (Å²) in [6, 6.07) is 12.5. The van der Waals surface area contributed by atoms with Crippen LogP contribution in [0.15, 0.2) is 58.0 Å². The molecule has 3 aromatic rings. The minimum atomic E-state index is -3.70. The van der Waals surface area contributed by atoms with E-state index in [9.17, 15) is 8.42 Å². The summed E-state index contributed by atoms with van der Waals surface area (Å²) in [5, 5.41) is 0. The Kier molecular flexibility index (Phi) is 4.07. The van der Waals surface area contributed by atoms with Crippen molar-refractivity contribution in [3.63, 3.8) is 0 Å². The van der Waals surface area contributed by atoms with E-state index in [2.05, 4.69) is 9.71 Å². The minimum absolute atomic E-state index is 0.236. The highest BCUT2D eigenvalue weighted by molar-refractivity contribution is 7.92. The summed E-state index contributed by atoms with van der Waals surface area (Å²) in [5.41, 5.74) is 2.99. The van der Waals surface area contributed by atoms with Crippen LogP contribution in [0, 0.1) is 13.8 Å². The van der Waals surface area contributed by atoms with Gasteiger partial charge in [-0.15, -0.1) is 0 Å². The van der Waals surface area contributed by atoms with E-state index in [4.69, 9.17) is 4.42 Å². The summed E-state index contributed by atoms with van der Waals surface area (Å²) in [6.45, 7) is 3.74. The van der Waals surface area contributed by atoms with Crippen LogP contribution in [-0.4, -0.2) is 13.4 Å². The summed E-state index contributed by atoms with van der Waals surface area (Å²) in [6.07, 6.45) is 3.88. The topological polar surface area (TPSA) is 72.2 Å². The van der Waals surface area contributed by atoms with Crippen molar-refractivity contribution >= 4 is 15.7 Å². The van der Waals surface area contributed by atoms with Crippen LogP contribution in [0.4, 0.5) is 5.69 Å². The molecule has 1 saturated carbocycles. The average Bonchev–Trinajstić information content (AvgIpc) is 3.34. The highest BCUT2D eigenvalue weighted by atomic mass is 32.2. The number of rotatable bonds is 5. The van der Waals surface area contributed by atoms with E-state index >= 15 is 0 Å². The molecule has 0 spiro atoms. The van der Waals surface area contributed by atoms with Crippen molar-refractivity contribution in [2.75, 3.05) is 4.72 Å². The Bertz CT molecular complexity index is 1050. The largest absolute Gasteiger partial charge is 0.440 e. The van der Waals surface area contributed by atoms with Crippen molar-refractivity contribution in [3.8, 4) is 11.3 Å². The predicted molar refractivity (Wildman–Crippen MR) is 101 cm³/mol. The summed E-state index contributed by atoms with van der Waals surface area (Å²) in [7, 11) is -3.70. The molecule has 1 aliphatic rings. The first-order chi connectivity index (χ1) is 12.4. The van der Waals surface area contributed by atoms with Crippen LogP contribution < -0.4 is 4.72 Å². The van der Waals surface area contributed by atoms with Crippen LogP contribution in [0.2, 0.25) is 0 Å². The molecule has 2 aromatic carbocycles. The van der Waals surface area contributed by atoms with Crippen molar-refractivity contribution in [1.82, 2.24) is 4.98 Å². The fraction of sp³-hybridized carbons (Fsp3) is 0.250.